The van der Waals surface area contributed by atoms with E-state index in [-0.39, 0.29) is 5.69 Å². The number of aromatic amines is 1. The van der Waals surface area contributed by atoms with Crippen molar-refractivity contribution in [3.63, 3.8) is 0 Å². The van der Waals surface area contributed by atoms with E-state index in [0.29, 0.717) is 22.8 Å². The van der Waals surface area contributed by atoms with Gasteiger partial charge in [-0.1, -0.05) is 6.08 Å². The lowest BCUT2D eigenvalue weighted by molar-refractivity contribution is -0.141. The third-order valence-corrected chi connectivity index (χ3v) is 3.20. The molecule has 0 unspecified atom stereocenters. The highest BCUT2D eigenvalue weighted by Gasteiger charge is 2.33. The monoisotopic (exact) mass is 356 g/mol. The number of rotatable bonds is 5. The fraction of sp³-hybridized carbons (Fsp3) is 0.250. The van der Waals surface area contributed by atoms with E-state index in [9.17, 15) is 18.0 Å². The molecule has 2 rings (SSSR count). The molecule has 0 aliphatic rings. The van der Waals surface area contributed by atoms with Gasteiger partial charge >= 0.3 is 11.9 Å². The molecule has 1 aromatic heterocycles. The molecular formula is C16H15F3N2O4. The largest absolute Gasteiger partial charge is 0.493 e. The van der Waals surface area contributed by atoms with Crippen LogP contribution in [0.1, 0.15) is 17.0 Å². The van der Waals surface area contributed by atoms with Crippen molar-refractivity contribution in [2.45, 2.75) is 6.18 Å². The summed E-state index contributed by atoms with van der Waals surface area (Å²) in [6, 6.07) is 3.97. The van der Waals surface area contributed by atoms with Crippen LogP contribution >= 0.6 is 0 Å². The Bertz CT molecular complexity index is 819. The summed E-state index contributed by atoms with van der Waals surface area (Å²) in [6.45, 7) is 0. The fourth-order valence-electron chi connectivity index (χ4n) is 2.10. The molecule has 9 heteroatoms. The van der Waals surface area contributed by atoms with Crippen LogP contribution in [0.25, 0.3) is 12.2 Å². The predicted molar refractivity (Wildman–Crippen MR) is 84.9 cm³/mol. The van der Waals surface area contributed by atoms with Gasteiger partial charge in [-0.25, -0.2) is 4.79 Å². The minimum Gasteiger partial charge on any atom is -0.493 e. The van der Waals surface area contributed by atoms with E-state index in [1.807, 2.05) is 0 Å². The zero-order valence-electron chi connectivity index (χ0n) is 13.6. The van der Waals surface area contributed by atoms with E-state index in [4.69, 9.17) is 14.2 Å². The number of halogens is 3. The van der Waals surface area contributed by atoms with Gasteiger partial charge in [0.2, 0.25) is 5.75 Å². The molecule has 0 spiro atoms. The molecule has 2 aromatic rings. The number of nitrogens with zero attached hydrogens (tertiary/aromatic N) is 1. The molecule has 0 aliphatic carbocycles. The van der Waals surface area contributed by atoms with Crippen LogP contribution in [0.15, 0.2) is 23.0 Å². The Morgan fingerprint density at radius 1 is 1.00 bits per heavy atom. The molecule has 6 nitrogen and oxygen atoms in total. The quantitative estimate of drug-likeness (QED) is 0.892. The van der Waals surface area contributed by atoms with Crippen molar-refractivity contribution >= 4 is 12.2 Å². The van der Waals surface area contributed by atoms with Crippen molar-refractivity contribution in [1.82, 2.24) is 9.97 Å². The Balaban J connectivity index is 2.43. The Hall–Kier alpha value is -2.97. The van der Waals surface area contributed by atoms with E-state index >= 15 is 0 Å². The van der Waals surface area contributed by atoms with Crippen LogP contribution in [0, 0.1) is 0 Å². The minimum atomic E-state index is -4.70. The molecule has 1 heterocycles. The van der Waals surface area contributed by atoms with Crippen molar-refractivity contribution in [3.05, 3.63) is 45.6 Å². The normalized spacial score (nSPS) is 11.6. The number of hydrogen-bond donors (Lipinski definition) is 1. The maximum Gasteiger partial charge on any atom is 0.433 e. The molecule has 1 N–H and O–H groups in total. The minimum absolute atomic E-state index is 0.0407. The van der Waals surface area contributed by atoms with Crippen LogP contribution < -0.4 is 19.9 Å². The standard InChI is InChI=1S/C16H15F3N2O4/c1-23-11-6-9(7-12(24-2)14(11)25-3)4-5-10-8-13(16(17,18)19)21-15(22)20-10/h4-8H,1-3H3,(H,20,21,22)/b5-4+. The lowest BCUT2D eigenvalue weighted by Gasteiger charge is -2.12. The Morgan fingerprint density at radius 2 is 1.60 bits per heavy atom. The molecule has 134 valence electrons. The second-order valence-corrected chi connectivity index (χ2v) is 4.82. The molecule has 0 aliphatic heterocycles. The smallest absolute Gasteiger partial charge is 0.433 e. The lowest BCUT2D eigenvalue weighted by Crippen LogP contribution is -2.19. The van der Waals surface area contributed by atoms with Gasteiger partial charge in [-0.05, 0) is 29.8 Å². The first-order valence-corrected chi connectivity index (χ1v) is 6.95. The van der Waals surface area contributed by atoms with E-state index in [1.54, 1.807) is 12.1 Å². The first kappa shape index (κ1) is 18.4. The maximum absolute atomic E-state index is 12.7. The Labute approximate surface area is 140 Å². The molecule has 0 saturated heterocycles. The third kappa shape index (κ3) is 4.31. The molecule has 0 radical (unpaired) electrons. The van der Waals surface area contributed by atoms with Gasteiger partial charge < -0.3 is 19.2 Å². The zero-order chi connectivity index (χ0) is 18.6. The van der Waals surface area contributed by atoms with Crippen LogP contribution in [0.2, 0.25) is 0 Å². The third-order valence-electron chi connectivity index (χ3n) is 3.20. The average molecular weight is 356 g/mol. The lowest BCUT2D eigenvalue weighted by atomic mass is 10.1. The topological polar surface area (TPSA) is 73.4 Å². The summed E-state index contributed by atoms with van der Waals surface area (Å²) in [7, 11) is 4.34. The van der Waals surface area contributed by atoms with Gasteiger partial charge in [0, 0.05) is 5.69 Å². The van der Waals surface area contributed by atoms with E-state index in [0.717, 1.165) is 6.07 Å². The van der Waals surface area contributed by atoms with Crippen LogP contribution in [0.3, 0.4) is 0 Å². The van der Waals surface area contributed by atoms with Crippen LogP contribution in [0.5, 0.6) is 17.2 Å². The summed E-state index contributed by atoms with van der Waals surface area (Å²) in [5.41, 5.74) is -1.82. The van der Waals surface area contributed by atoms with E-state index in [1.165, 1.54) is 33.5 Å². The number of H-pyrrole nitrogens is 1. The van der Waals surface area contributed by atoms with Crippen molar-refractivity contribution in [2.24, 2.45) is 0 Å². The highest BCUT2D eigenvalue weighted by molar-refractivity contribution is 5.71. The van der Waals surface area contributed by atoms with E-state index < -0.39 is 17.6 Å². The second-order valence-electron chi connectivity index (χ2n) is 4.82. The Morgan fingerprint density at radius 3 is 2.08 bits per heavy atom. The van der Waals surface area contributed by atoms with Gasteiger partial charge in [0.05, 0.1) is 21.3 Å². The highest BCUT2D eigenvalue weighted by Crippen LogP contribution is 2.38. The van der Waals surface area contributed by atoms with Crippen LogP contribution in [-0.4, -0.2) is 31.3 Å². The molecule has 0 fully saturated rings. The van der Waals surface area contributed by atoms with E-state index in [2.05, 4.69) is 9.97 Å². The van der Waals surface area contributed by atoms with Gasteiger partial charge in [-0.2, -0.15) is 18.2 Å². The van der Waals surface area contributed by atoms with Crippen LogP contribution in [-0.2, 0) is 6.18 Å². The summed E-state index contributed by atoms with van der Waals surface area (Å²) < 4.78 is 53.7. The Kier molecular flexibility index (Phi) is 5.35. The molecular weight excluding hydrogens is 341 g/mol. The second kappa shape index (κ2) is 7.29. The SMILES string of the molecule is COc1cc(/C=C/c2cc(C(F)(F)F)nc(=O)[nH]2)cc(OC)c1OC. The summed E-state index contributed by atoms with van der Waals surface area (Å²) in [5, 5.41) is 0. The predicted octanol–water partition coefficient (Wildman–Crippen LogP) is 2.98. The zero-order valence-corrected chi connectivity index (χ0v) is 13.6. The highest BCUT2D eigenvalue weighted by atomic mass is 19.4. The van der Waals surface area contributed by atoms with Crippen LogP contribution in [0.4, 0.5) is 13.2 Å². The summed E-state index contributed by atoms with van der Waals surface area (Å²) in [5.74, 6) is 1.17. The summed E-state index contributed by atoms with van der Waals surface area (Å²) in [6.07, 6.45) is -1.89. The first-order chi connectivity index (χ1) is 11.8. The number of benzene rings is 1. The number of aromatic nitrogens is 2. The number of ether oxygens (including phenoxy) is 3. The molecule has 0 bridgehead atoms. The van der Waals surface area contributed by atoms with Crippen molar-refractivity contribution < 1.29 is 27.4 Å². The summed E-state index contributed by atoms with van der Waals surface area (Å²) in [4.78, 5) is 16.4. The molecule has 0 atom stereocenters. The molecule has 25 heavy (non-hydrogen) atoms. The number of nitrogens with one attached hydrogen (secondary N) is 1. The first-order valence-electron chi connectivity index (χ1n) is 6.95. The maximum atomic E-state index is 12.7. The van der Waals surface area contributed by atoms with Gasteiger partial charge in [-0.15, -0.1) is 0 Å². The number of alkyl halides is 3. The molecule has 0 amide bonds. The van der Waals surface area contributed by atoms with Crippen molar-refractivity contribution in [2.75, 3.05) is 21.3 Å². The van der Waals surface area contributed by atoms with Gasteiger partial charge in [-0.3, -0.25) is 0 Å². The van der Waals surface area contributed by atoms with Gasteiger partial charge in [0.15, 0.2) is 17.2 Å². The summed E-state index contributed by atoms with van der Waals surface area (Å²) >= 11 is 0. The number of methoxy groups -OCH3 is 3. The van der Waals surface area contributed by atoms with Crippen molar-refractivity contribution in [3.8, 4) is 17.2 Å². The van der Waals surface area contributed by atoms with Crippen molar-refractivity contribution in [1.29, 1.82) is 0 Å². The number of hydrogen-bond acceptors (Lipinski definition) is 5. The molecule has 0 saturated carbocycles. The fourth-order valence-corrected chi connectivity index (χ4v) is 2.10. The molecule has 1 aromatic carbocycles. The van der Waals surface area contributed by atoms with Gasteiger partial charge in [0.25, 0.3) is 0 Å². The average Bonchev–Trinajstić information content (AvgIpc) is 2.57. The van der Waals surface area contributed by atoms with Gasteiger partial charge in [0.1, 0.15) is 0 Å².